The quantitative estimate of drug-likeness (QED) is 0.662. The average Bonchev–Trinajstić information content (AvgIpc) is 3.39. The molecule has 0 radical (unpaired) electrons. The van der Waals surface area contributed by atoms with E-state index in [-0.39, 0.29) is 0 Å². The minimum Gasteiger partial charge on any atom is -0.356 e. The lowest BCUT2D eigenvalue weighted by molar-refractivity contribution is -0.141. The highest BCUT2D eigenvalue weighted by Crippen LogP contribution is 2.36. The summed E-state index contributed by atoms with van der Waals surface area (Å²) in [6, 6.07) is 4.89. The molecule has 5 heterocycles. The fourth-order valence-electron chi connectivity index (χ4n) is 4.26. The summed E-state index contributed by atoms with van der Waals surface area (Å²) in [5.74, 6) is 2.72. The van der Waals surface area contributed by atoms with Crippen molar-refractivity contribution < 1.29 is 13.2 Å². The number of aromatic nitrogens is 6. The van der Waals surface area contributed by atoms with Crippen molar-refractivity contribution in [1.29, 1.82) is 0 Å². The van der Waals surface area contributed by atoms with Crippen LogP contribution in [-0.2, 0) is 12.6 Å². The van der Waals surface area contributed by atoms with Gasteiger partial charge in [-0.1, -0.05) is 6.92 Å². The first-order valence-electron chi connectivity index (χ1n) is 9.53. The predicted octanol–water partition coefficient (Wildman–Crippen LogP) is 2.07. The maximum atomic E-state index is 12.9. The molecule has 8 nitrogen and oxygen atoms in total. The predicted molar refractivity (Wildman–Crippen MR) is 98.6 cm³/mol. The molecule has 2 unspecified atom stereocenters. The van der Waals surface area contributed by atoms with E-state index < -0.39 is 11.9 Å². The first-order valence-corrected chi connectivity index (χ1v) is 9.53. The molecule has 2 atom stereocenters. The van der Waals surface area contributed by atoms with E-state index in [0.29, 0.717) is 30.7 Å². The summed E-state index contributed by atoms with van der Waals surface area (Å²) >= 11 is 0. The van der Waals surface area contributed by atoms with Crippen molar-refractivity contribution in [1.82, 2.24) is 29.8 Å². The molecule has 0 aromatic carbocycles. The number of anilines is 2. The summed E-state index contributed by atoms with van der Waals surface area (Å²) in [6.07, 6.45) is -2.73. The zero-order valence-electron chi connectivity index (χ0n) is 15.7. The molecule has 2 aliphatic heterocycles. The lowest BCUT2D eigenvalue weighted by atomic mass is 10.0. The van der Waals surface area contributed by atoms with Crippen LogP contribution in [0.5, 0.6) is 0 Å². The van der Waals surface area contributed by atoms with E-state index in [9.17, 15) is 13.2 Å². The molecule has 11 heteroatoms. The summed E-state index contributed by atoms with van der Waals surface area (Å²) in [4.78, 5) is 11.6. The molecular formula is C18H19F3N8. The number of hydrogen-bond acceptors (Lipinski definition) is 7. The lowest BCUT2D eigenvalue weighted by Gasteiger charge is -2.23. The normalized spacial score (nSPS) is 21.9. The SMILES string of the molecule is CCc1nnc2ccc(N3CC4CN(c5cc(C(F)(F)F)ncn5)CC4C3)nn12. The van der Waals surface area contributed by atoms with Crippen LogP contribution in [0.4, 0.5) is 24.8 Å². The molecule has 0 amide bonds. The first-order chi connectivity index (χ1) is 13.9. The Morgan fingerprint density at radius 2 is 1.66 bits per heavy atom. The van der Waals surface area contributed by atoms with Crippen LogP contribution < -0.4 is 9.80 Å². The third-order valence-electron chi connectivity index (χ3n) is 5.71. The minimum absolute atomic E-state index is 0.338. The Morgan fingerprint density at radius 3 is 2.31 bits per heavy atom. The van der Waals surface area contributed by atoms with E-state index in [0.717, 1.165) is 49.2 Å². The van der Waals surface area contributed by atoms with Crippen LogP contribution in [0.25, 0.3) is 5.65 Å². The van der Waals surface area contributed by atoms with Gasteiger partial charge < -0.3 is 9.80 Å². The molecule has 2 aliphatic rings. The van der Waals surface area contributed by atoms with Gasteiger partial charge in [-0.15, -0.1) is 15.3 Å². The summed E-state index contributed by atoms with van der Waals surface area (Å²) in [7, 11) is 0. The number of nitrogens with zero attached hydrogens (tertiary/aromatic N) is 8. The third-order valence-corrected chi connectivity index (χ3v) is 5.71. The van der Waals surface area contributed by atoms with Crippen molar-refractivity contribution >= 4 is 17.3 Å². The minimum atomic E-state index is -4.46. The van der Waals surface area contributed by atoms with Gasteiger partial charge in [0.15, 0.2) is 11.5 Å². The Bertz CT molecular complexity index is 1040. The van der Waals surface area contributed by atoms with Gasteiger partial charge in [0, 0.05) is 50.5 Å². The fraction of sp³-hybridized carbons (Fsp3) is 0.500. The van der Waals surface area contributed by atoms with Crippen LogP contribution >= 0.6 is 0 Å². The zero-order chi connectivity index (χ0) is 20.2. The number of aryl methyl sites for hydroxylation is 1. The third kappa shape index (κ3) is 3.14. The van der Waals surface area contributed by atoms with E-state index in [1.165, 1.54) is 0 Å². The van der Waals surface area contributed by atoms with E-state index in [1.807, 2.05) is 24.0 Å². The molecule has 3 aromatic heterocycles. The molecule has 29 heavy (non-hydrogen) atoms. The van der Waals surface area contributed by atoms with Gasteiger partial charge >= 0.3 is 6.18 Å². The highest BCUT2D eigenvalue weighted by atomic mass is 19.4. The molecule has 0 aliphatic carbocycles. The van der Waals surface area contributed by atoms with Gasteiger partial charge in [0.2, 0.25) is 0 Å². The summed E-state index contributed by atoms with van der Waals surface area (Å²) < 4.78 is 40.6. The van der Waals surface area contributed by atoms with E-state index in [2.05, 4.69) is 30.2 Å². The van der Waals surface area contributed by atoms with Gasteiger partial charge in [0.25, 0.3) is 0 Å². The number of halogens is 3. The number of alkyl halides is 3. The van der Waals surface area contributed by atoms with Crippen molar-refractivity contribution in [2.45, 2.75) is 19.5 Å². The molecule has 0 saturated carbocycles. The highest BCUT2D eigenvalue weighted by Gasteiger charge is 2.42. The molecule has 2 fully saturated rings. The molecule has 3 aromatic rings. The molecule has 0 spiro atoms. The Balaban J connectivity index is 1.31. The largest absolute Gasteiger partial charge is 0.433 e. The number of rotatable bonds is 3. The summed E-state index contributed by atoms with van der Waals surface area (Å²) in [5, 5.41) is 12.9. The standard InChI is InChI=1S/C18H19F3N8/c1-2-14-24-25-15-3-4-16(26-29(14)15)27-6-11-8-28(9-12(11)7-27)17-5-13(18(19,20)21)22-10-23-17/h3-5,10-12H,2,6-9H2,1H3. The molecule has 152 valence electrons. The summed E-state index contributed by atoms with van der Waals surface area (Å²) in [6.45, 7) is 4.97. The second-order valence-electron chi connectivity index (χ2n) is 7.52. The maximum absolute atomic E-state index is 12.9. The average molecular weight is 404 g/mol. The monoisotopic (exact) mass is 404 g/mol. The van der Waals surface area contributed by atoms with Crippen molar-refractivity contribution in [2.75, 3.05) is 36.0 Å². The van der Waals surface area contributed by atoms with Gasteiger partial charge in [-0.25, -0.2) is 9.97 Å². The Morgan fingerprint density at radius 1 is 0.966 bits per heavy atom. The van der Waals surface area contributed by atoms with Gasteiger partial charge in [-0.05, 0) is 12.1 Å². The second-order valence-corrected chi connectivity index (χ2v) is 7.52. The molecule has 0 N–H and O–H groups in total. The van der Waals surface area contributed by atoms with Gasteiger partial charge in [0.05, 0.1) is 0 Å². The Labute approximate surface area is 164 Å². The van der Waals surface area contributed by atoms with Crippen molar-refractivity contribution in [3.63, 3.8) is 0 Å². The van der Waals surface area contributed by atoms with Crippen LogP contribution in [0.2, 0.25) is 0 Å². The van der Waals surface area contributed by atoms with Crippen LogP contribution in [0.15, 0.2) is 24.5 Å². The molecular weight excluding hydrogens is 385 g/mol. The Hall–Kier alpha value is -2.98. The maximum Gasteiger partial charge on any atom is 0.433 e. The van der Waals surface area contributed by atoms with Crippen molar-refractivity contribution in [2.24, 2.45) is 11.8 Å². The van der Waals surface area contributed by atoms with Gasteiger partial charge in [-0.2, -0.15) is 17.7 Å². The van der Waals surface area contributed by atoms with Crippen LogP contribution in [0, 0.1) is 11.8 Å². The van der Waals surface area contributed by atoms with E-state index in [1.54, 1.807) is 4.52 Å². The van der Waals surface area contributed by atoms with Crippen LogP contribution in [0.1, 0.15) is 18.4 Å². The van der Waals surface area contributed by atoms with E-state index >= 15 is 0 Å². The smallest absolute Gasteiger partial charge is 0.356 e. The summed E-state index contributed by atoms with van der Waals surface area (Å²) in [5.41, 5.74) is -0.181. The lowest BCUT2D eigenvalue weighted by Crippen LogP contribution is -2.30. The molecule has 0 bridgehead atoms. The number of fused-ring (bicyclic) bond motifs is 2. The van der Waals surface area contributed by atoms with Crippen molar-refractivity contribution in [3.05, 3.63) is 36.0 Å². The van der Waals surface area contributed by atoms with E-state index in [4.69, 9.17) is 0 Å². The van der Waals surface area contributed by atoms with Crippen LogP contribution in [0.3, 0.4) is 0 Å². The van der Waals surface area contributed by atoms with Crippen molar-refractivity contribution in [3.8, 4) is 0 Å². The zero-order valence-corrected chi connectivity index (χ0v) is 15.7. The van der Waals surface area contributed by atoms with Crippen LogP contribution in [-0.4, -0.2) is 56.0 Å². The first kappa shape index (κ1) is 18.1. The van der Waals surface area contributed by atoms with Gasteiger partial charge in [0.1, 0.15) is 23.7 Å². The Kier molecular flexibility index (Phi) is 4.07. The van der Waals surface area contributed by atoms with Gasteiger partial charge in [-0.3, -0.25) is 0 Å². The topological polar surface area (TPSA) is 75.3 Å². The molecule has 2 saturated heterocycles. The highest BCUT2D eigenvalue weighted by molar-refractivity contribution is 5.48. The fourth-order valence-corrected chi connectivity index (χ4v) is 4.26. The second kappa shape index (κ2) is 6.53. The molecule has 5 rings (SSSR count). The number of hydrogen-bond donors (Lipinski definition) is 0.